The molecule has 1 unspecified atom stereocenters. The van der Waals surface area contributed by atoms with Crippen LogP contribution < -0.4 is 9.64 Å². The van der Waals surface area contributed by atoms with E-state index < -0.39 is 0 Å². The molecule has 1 aliphatic heterocycles. The summed E-state index contributed by atoms with van der Waals surface area (Å²) in [5, 5.41) is 4.14. The van der Waals surface area contributed by atoms with Gasteiger partial charge in [-0.15, -0.1) is 0 Å². The van der Waals surface area contributed by atoms with E-state index in [2.05, 4.69) is 29.2 Å². The van der Waals surface area contributed by atoms with Gasteiger partial charge >= 0.3 is 0 Å². The third-order valence-corrected chi connectivity index (χ3v) is 5.17. The third kappa shape index (κ3) is 3.38. The molecule has 1 aromatic heterocycles. The fourth-order valence-electron chi connectivity index (χ4n) is 3.53. The fraction of sp³-hybridized carbons (Fsp3) is 0.318. The molecule has 1 aliphatic rings. The van der Waals surface area contributed by atoms with Crippen molar-refractivity contribution in [1.82, 2.24) is 10.1 Å². The smallest absolute Gasteiger partial charge is 0.257 e. The maximum absolute atomic E-state index is 12.7. The molecule has 0 N–H and O–H groups in total. The van der Waals surface area contributed by atoms with Crippen LogP contribution in [0.2, 0.25) is 0 Å². The Bertz CT molecular complexity index is 995. The lowest BCUT2D eigenvalue weighted by molar-refractivity contribution is -0.117. The van der Waals surface area contributed by atoms with Gasteiger partial charge in [0.25, 0.3) is 5.89 Å². The van der Waals surface area contributed by atoms with Crippen molar-refractivity contribution in [1.29, 1.82) is 0 Å². The number of aromatic nitrogens is 2. The average Bonchev–Trinajstić information content (AvgIpc) is 3.35. The van der Waals surface area contributed by atoms with E-state index in [1.54, 1.807) is 12.0 Å². The minimum absolute atomic E-state index is 0.0348. The normalized spacial score (nSPS) is 16.6. The highest BCUT2D eigenvalue weighted by molar-refractivity contribution is 5.97. The zero-order valence-electron chi connectivity index (χ0n) is 16.3. The number of benzene rings is 2. The van der Waals surface area contributed by atoms with Gasteiger partial charge in [0.05, 0.1) is 12.8 Å². The Morgan fingerprint density at radius 1 is 1.21 bits per heavy atom. The second-order valence-corrected chi connectivity index (χ2v) is 7.09. The van der Waals surface area contributed by atoms with Crippen molar-refractivity contribution >= 4 is 11.6 Å². The molecule has 0 spiro atoms. The van der Waals surface area contributed by atoms with Gasteiger partial charge in [0.2, 0.25) is 5.91 Å². The van der Waals surface area contributed by atoms with E-state index in [-0.39, 0.29) is 11.8 Å². The minimum atomic E-state index is -0.106. The summed E-state index contributed by atoms with van der Waals surface area (Å²) in [6, 6.07) is 13.9. The highest BCUT2D eigenvalue weighted by atomic mass is 16.5. The second kappa shape index (κ2) is 7.46. The molecule has 0 bridgehead atoms. The summed E-state index contributed by atoms with van der Waals surface area (Å²) in [4.78, 5) is 19.0. The lowest BCUT2D eigenvalue weighted by Gasteiger charge is -2.19. The van der Waals surface area contributed by atoms with Gasteiger partial charge in [0, 0.05) is 24.4 Å². The van der Waals surface area contributed by atoms with Crippen molar-refractivity contribution in [3.05, 3.63) is 59.4 Å². The Morgan fingerprint density at radius 3 is 2.71 bits per heavy atom. The van der Waals surface area contributed by atoms with Crippen molar-refractivity contribution in [2.45, 2.75) is 32.6 Å². The van der Waals surface area contributed by atoms with Gasteiger partial charge in [-0.1, -0.05) is 30.3 Å². The van der Waals surface area contributed by atoms with Gasteiger partial charge < -0.3 is 14.2 Å². The van der Waals surface area contributed by atoms with Crippen LogP contribution in [0.3, 0.4) is 0 Å². The zero-order valence-corrected chi connectivity index (χ0v) is 16.3. The highest BCUT2D eigenvalue weighted by Crippen LogP contribution is 2.36. The average molecular weight is 377 g/mol. The van der Waals surface area contributed by atoms with Crippen LogP contribution in [0.4, 0.5) is 5.69 Å². The molecule has 2 aromatic carbocycles. The number of amides is 1. The van der Waals surface area contributed by atoms with Crippen LogP contribution in [-0.2, 0) is 11.2 Å². The number of methoxy groups -OCH3 is 1. The van der Waals surface area contributed by atoms with Crippen LogP contribution in [0.5, 0.6) is 5.75 Å². The summed E-state index contributed by atoms with van der Waals surface area (Å²) in [7, 11) is 1.61. The molecule has 144 valence electrons. The third-order valence-electron chi connectivity index (χ3n) is 5.17. The van der Waals surface area contributed by atoms with Gasteiger partial charge in [-0.25, -0.2) is 0 Å². The van der Waals surface area contributed by atoms with E-state index in [1.807, 2.05) is 37.3 Å². The summed E-state index contributed by atoms with van der Waals surface area (Å²) in [5.41, 5.74) is 4.00. The Hall–Kier alpha value is -3.15. The van der Waals surface area contributed by atoms with Gasteiger partial charge in [-0.05, 0) is 48.7 Å². The molecule has 28 heavy (non-hydrogen) atoms. The molecule has 3 aromatic rings. The molecule has 4 rings (SSSR count). The Morgan fingerprint density at radius 2 is 2.00 bits per heavy atom. The van der Waals surface area contributed by atoms with E-state index in [9.17, 15) is 4.79 Å². The van der Waals surface area contributed by atoms with Gasteiger partial charge in [0.1, 0.15) is 5.75 Å². The number of hydrogen-bond acceptors (Lipinski definition) is 5. The molecule has 1 fully saturated rings. The number of nitrogens with zero attached hydrogens (tertiary/aromatic N) is 3. The van der Waals surface area contributed by atoms with Crippen LogP contribution in [0.1, 0.15) is 36.2 Å². The number of carbonyl (C=O) groups is 1. The van der Waals surface area contributed by atoms with Crippen LogP contribution >= 0.6 is 0 Å². The Balaban J connectivity index is 1.56. The molecule has 1 saturated heterocycles. The van der Waals surface area contributed by atoms with Gasteiger partial charge in [-0.2, -0.15) is 4.98 Å². The quantitative estimate of drug-likeness (QED) is 0.668. The van der Waals surface area contributed by atoms with Crippen molar-refractivity contribution < 1.29 is 14.1 Å². The van der Waals surface area contributed by atoms with Crippen molar-refractivity contribution in [3.63, 3.8) is 0 Å². The van der Waals surface area contributed by atoms with Crippen molar-refractivity contribution in [2.24, 2.45) is 0 Å². The molecule has 2 heterocycles. The predicted molar refractivity (Wildman–Crippen MR) is 107 cm³/mol. The van der Waals surface area contributed by atoms with Crippen LogP contribution in [-0.4, -0.2) is 29.7 Å². The van der Waals surface area contributed by atoms with Crippen LogP contribution in [0, 0.1) is 6.92 Å². The first-order valence-corrected chi connectivity index (χ1v) is 9.47. The predicted octanol–water partition coefficient (Wildman–Crippen LogP) is 4.14. The van der Waals surface area contributed by atoms with Crippen molar-refractivity contribution in [2.75, 3.05) is 18.6 Å². The molecule has 0 saturated carbocycles. The summed E-state index contributed by atoms with van der Waals surface area (Å²) < 4.78 is 10.9. The summed E-state index contributed by atoms with van der Waals surface area (Å²) in [5.74, 6) is 1.66. The highest BCUT2D eigenvalue weighted by Gasteiger charge is 2.35. The molecule has 6 heteroatoms. The molecular weight excluding hydrogens is 354 g/mol. The molecule has 1 atom stereocenters. The maximum atomic E-state index is 12.7. The Labute approximate surface area is 164 Å². The molecule has 1 amide bonds. The number of anilines is 1. The van der Waals surface area contributed by atoms with Crippen LogP contribution in [0.15, 0.2) is 47.0 Å². The monoisotopic (exact) mass is 377 g/mol. The SMILES string of the molecule is CCc1ccc(-c2nc(C3CC(=O)N(c4cc(C)ccc4OC)C3)no2)cc1. The topological polar surface area (TPSA) is 68.5 Å². The first kappa shape index (κ1) is 18.2. The Kier molecular flexibility index (Phi) is 4.86. The number of hydrogen-bond donors (Lipinski definition) is 0. The van der Waals surface area contributed by atoms with E-state index in [0.29, 0.717) is 30.4 Å². The van der Waals surface area contributed by atoms with E-state index in [0.717, 1.165) is 23.2 Å². The largest absolute Gasteiger partial charge is 0.495 e. The minimum Gasteiger partial charge on any atom is -0.495 e. The summed E-state index contributed by atoms with van der Waals surface area (Å²) in [6.07, 6.45) is 1.34. The summed E-state index contributed by atoms with van der Waals surface area (Å²) in [6.45, 7) is 4.62. The number of aryl methyl sites for hydroxylation is 2. The standard InChI is InChI=1S/C22H23N3O3/c1-4-15-6-8-16(9-7-15)22-23-21(24-28-22)17-12-20(26)25(13-17)18-11-14(2)5-10-19(18)27-3/h5-11,17H,4,12-13H2,1-3H3. The maximum Gasteiger partial charge on any atom is 0.257 e. The van der Waals surface area contributed by atoms with E-state index in [1.165, 1.54) is 5.56 Å². The fourth-order valence-corrected chi connectivity index (χ4v) is 3.53. The van der Waals surface area contributed by atoms with E-state index >= 15 is 0 Å². The number of carbonyl (C=O) groups excluding carboxylic acids is 1. The molecule has 0 aliphatic carbocycles. The van der Waals surface area contributed by atoms with Crippen molar-refractivity contribution in [3.8, 4) is 17.2 Å². The molecule has 0 radical (unpaired) electrons. The van der Waals surface area contributed by atoms with E-state index in [4.69, 9.17) is 9.26 Å². The first-order chi connectivity index (χ1) is 13.6. The lowest BCUT2D eigenvalue weighted by atomic mass is 10.1. The number of rotatable bonds is 5. The second-order valence-electron chi connectivity index (χ2n) is 7.09. The molecular formula is C22H23N3O3. The van der Waals surface area contributed by atoms with Crippen LogP contribution in [0.25, 0.3) is 11.5 Å². The van der Waals surface area contributed by atoms with Gasteiger partial charge in [0.15, 0.2) is 5.82 Å². The van der Waals surface area contributed by atoms with Gasteiger partial charge in [-0.3, -0.25) is 4.79 Å². The summed E-state index contributed by atoms with van der Waals surface area (Å²) >= 11 is 0. The lowest BCUT2D eigenvalue weighted by Crippen LogP contribution is -2.25. The molecule has 6 nitrogen and oxygen atoms in total. The number of ether oxygens (including phenoxy) is 1. The zero-order chi connectivity index (χ0) is 19.7. The first-order valence-electron chi connectivity index (χ1n) is 9.47.